The van der Waals surface area contributed by atoms with Crippen molar-refractivity contribution >= 4 is 0 Å². The third-order valence-electron chi connectivity index (χ3n) is 3.71. The molecule has 0 amide bonds. The Hall–Kier alpha value is -0.0400. The van der Waals surface area contributed by atoms with Crippen molar-refractivity contribution in [3.05, 3.63) is 0 Å². The van der Waals surface area contributed by atoms with Crippen LogP contribution in [0.3, 0.4) is 0 Å². The average molecular weight is 167 g/mol. The Balaban J connectivity index is 1.69. The van der Waals surface area contributed by atoms with Crippen molar-refractivity contribution in [3.8, 4) is 0 Å². The molecule has 0 radical (unpaired) electrons. The van der Waals surface area contributed by atoms with Crippen LogP contribution in [-0.4, -0.2) is 12.1 Å². The van der Waals surface area contributed by atoms with Gasteiger partial charge < -0.3 is 5.32 Å². The standard InChI is InChI=1S/C11H21N/c1-9(10-5-4-6-10)12-11-7-2-3-8-11/h9-12H,2-8H2,1H3/t9-/m1/s1. The van der Waals surface area contributed by atoms with Crippen LogP contribution in [-0.2, 0) is 0 Å². The molecule has 2 aliphatic rings. The Kier molecular flexibility index (Phi) is 2.69. The predicted molar refractivity (Wildman–Crippen MR) is 52.2 cm³/mol. The first kappa shape index (κ1) is 8.55. The summed E-state index contributed by atoms with van der Waals surface area (Å²) in [4.78, 5) is 0. The Labute approximate surface area is 75.9 Å². The van der Waals surface area contributed by atoms with E-state index in [0.717, 1.165) is 18.0 Å². The number of nitrogens with one attached hydrogen (secondary N) is 1. The van der Waals surface area contributed by atoms with Crippen LogP contribution < -0.4 is 5.32 Å². The zero-order chi connectivity index (χ0) is 8.39. The molecule has 2 saturated carbocycles. The van der Waals surface area contributed by atoms with E-state index in [2.05, 4.69) is 12.2 Å². The third-order valence-corrected chi connectivity index (χ3v) is 3.71. The van der Waals surface area contributed by atoms with E-state index in [1.54, 1.807) is 0 Å². The molecule has 70 valence electrons. The number of rotatable bonds is 3. The van der Waals surface area contributed by atoms with Crippen molar-refractivity contribution in [3.63, 3.8) is 0 Å². The Morgan fingerprint density at radius 2 is 1.67 bits per heavy atom. The molecule has 2 fully saturated rings. The Morgan fingerprint density at radius 3 is 2.17 bits per heavy atom. The van der Waals surface area contributed by atoms with Crippen LogP contribution in [0.2, 0.25) is 0 Å². The van der Waals surface area contributed by atoms with Gasteiger partial charge in [0.25, 0.3) is 0 Å². The molecule has 2 aliphatic carbocycles. The maximum atomic E-state index is 3.78. The van der Waals surface area contributed by atoms with E-state index < -0.39 is 0 Å². The molecule has 0 spiro atoms. The van der Waals surface area contributed by atoms with Gasteiger partial charge in [0.2, 0.25) is 0 Å². The zero-order valence-electron chi connectivity index (χ0n) is 8.18. The number of hydrogen-bond donors (Lipinski definition) is 1. The van der Waals surface area contributed by atoms with Crippen LogP contribution in [0.25, 0.3) is 0 Å². The lowest BCUT2D eigenvalue weighted by Gasteiger charge is -2.33. The van der Waals surface area contributed by atoms with E-state index in [-0.39, 0.29) is 0 Å². The SMILES string of the molecule is C[C@@H](NC1CCCC1)C1CCC1. The summed E-state index contributed by atoms with van der Waals surface area (Å²) in [5, 5.41) is 3.78. The molecular weight excluding hydrogens is 146 g/mol. The summed E-state index contributed by atoms with van der Waals surface area (Å²) >= 11 is 0. The van der Waals surface area contributed by atoms with Crippen LogP contribution in [0.1, 0.15) is 51.9 Å². The first-order chi connectivity index (χ1) is 5.86. The van der Waals surface area contributed by atoms with Crippen molar-refractivity contribution in [1.29, 1.82) is 0 Å². The minimum absolute atomic E-state index is 0.793. The average Bonchev–Trinajstić information content (AvgIpc) is 2.34. The van der Waals surface area contributed by atoms with E-state index >= 15 is 0 Å². The normalized spacial score (nSPS) is 28.8. The van der Waals surface area contributed by atoms with Crippen molar-refractivity contribution in [2.45, 2.75) is 64.0 Å². The molecule has 0 bridgehead atoms. The lowest BCUT2D eigenvalue weighted by atomic mass is 9.80. The van der Waals surface area contributed by atoms with Gasteiger partial charge in [-0.05, 0) is 38.5 Å². The Morgan fingerprint density at radius 1 is 1.00 bits per heavy atom. The van der Waals surface area contributed by atoms with Crippen molar-refractivity contribution < 1.29 is 0 Å². The van der Waals surface area contributed by atoms with Crippen LogP contribution in [0.5, 0.6) is 0 Å². The quantitative estimate of drug-likeness (QED) is 0.681. The zero-order valence-corrected chi connectivity index (χ0v) is 8.18. The van der Waals surface area contributed by atoms with E-state index in [1.807, 2.05) is 0 Å². The third kappa shape index (κ3) is 1.82. The van der Waals surface area contributed by atoms with E-state index in [9.17, 15) is 0 Å². The van der Waals surface area contributed by atoms with E-state index in [4.69, 9.17) is 0 Å². The lowest BCUT2D eigenvalue weighted by molar-refractivity contribution is 0.227. The van der Waals surface area contributed by atoms with Crippen LogP contribution in [0.4, 0.5) is 0 Å². The van der Waals surface area contributed by atoms with Gasteiger partial charge in [-0.2, -0.15) is 0 Å². The van der Waals surface area contributed by atoms with Crippen LogP contribution in [0, 0.1) is 5.92 Å². The van der Waals surface area contributed by atoms with Gasteiger partial charge in [0, 0.05) is 12.1 Å². The molecule has 1 nitrogen and oxygen atoms in total. The predicted octanol–water partition coefficient (Wildman–Crippen LogP) is 2.71. The summed E-state index contributed by atoms with van der Waals surface area (Å²) in [6.07, 6.45) is 10.2. The summed E-state index contributed by atoms with van der Waals surface area (Å²) < 4.78 is 0. The number of hydrogen-bond acceptors (Lipinski definition) is 1. The topological polar surface area (TPSA) is 12.0 Å². The molecule has 0 saturated heterocycles. The lowest BCUT2D eigenvalue weighted by Crippen LogP contribution is -2.41. The smallest absolute Gasteiger partial charge is 0.00696 e. The van der Waals surface area contributed by atoms with Gasteiger partial charge in [-0.3, -0.25) is 0 Å². The maximum absolute atomic E-state index is 3.78. The molecular formula is C11H21N. The highest BCUT2D eigenvalue weighted by atomic mass is 15.0. The van der Waals surface area contributed by atoms with Crippen LogP contribution >= 0.6 is 0 Å². The van der Waals surface area contributed by atoms with Crippen molar-refractivity contribution in [2.24, 2.45) is 5.92 Å². The highest BCUT2D eigenvalue weighted by Gasteiger charge is 2.26. The molecule has 12 heavy (non-hydrogen) atoms. The minimum atomic E-state index is 0.793. The fourth-order valence-corrected chi connectivity index (χ4v) is 2.54. The summed E-state index contributed by atoms with van der Waals surface area (Å²) in [7, 11) is 0. The molecule has 0 aliphatic heterocycles. The summed E-state index contributed by atoms with van der Waals surface area (Å²) in [5.41, 5.74) is 0. The molecule has 0 heterocycles. The van der Waals surface area contributed by atoms with Gasteiger partial charge in [-0.25, -0.2) is 0 Å². The Bertz CT molecular complexity index is 134. The summed E-state index contributed by atoms with van der Waals surface area (Å²) in [6.45, 7) is 2.38. The molecule has 0 aromatic carbocycles. The second-order valence-corrected chi connectivity index (χ2v) is 4.63. The van der Waals surface area contributed by atoms with E-state index in [0.29, 0.717) is 0 Å². The van der Waals surface area contributed by atoms with E-state index in [1.165, 1.54) is 44.9 Å². The fraction of sp³-hybridized carbons (Fsp3) is 1.00. The molecule has 1 atom stereocenters. The molecule has 1 N–H and O–H groups in total. The second kappa shape index (κ2) is 3.78. The van der Waals surface area contributed by atoms with Gasteiger partial charge in [0.15, 0.2) is 0 Å². The highest BCUT2D eigenvalue weighted by molar-refractivity contribution is 4.84. The van der Waals surface area contributed by atoms with Crippen molar-refractivity contribution in [2.75, 3.05) is 0 Å². The van der Waals surface area contributed by atoms with Gasteiger partial charge in [0.1, 0.15) is 0 Å². The monoisotopic (exact) mass is 167 g/mol. The first-order valence-electron chi connectivity index (χ1n) is 5.62. The van der Waals surface area contributed by atoms with Crippen LogP contribution in [0.15, 0.2) is 0 Å². The summed E-state index contributed by atoms with van der Waals surface area (Å²) in [6, 6.07) is 1.66. The van der Waals surface area contributed by atoms with Gasteiger partial charge in [0.05, 0.1) is 0 Å². The minimum Gasteiger partial charge on any atom is -0.311 e. The highest BCUT2D eigenvalue weighted by Crippen LogP contribution is 2.30. The molecule has 0 aromatic heterocycles. The largest absolute Gasteiger partial charge is 0.311 e. The summed E-state index contributed by atoms with van der Waals surface area (Å²) in [5.74, 6) is 1.01. The van der Waals surface area contributed by atoms with Crippen molar-refractivity contribution in [1.82, 2.24) is 5.32 Å². The first-order valence-corrected chi connectivity index (χ1v) is 5.62. The molecule has 0 aromatic rings. The molecule has 1 heteroatoms. The van der Waals surface area contributed by atoms with Gasteiger partial charge >= 0.3 is 0 Å². The second-order valence-electron chi connectivity index (χ2n) is 4.63. The maximum Gasteiger partial charge on any atom is 0.00696 e. The molecule has 0 unspecified atom stereocenters. The van der Waals surface area contributed by atoms with Gasteiger partial charge in [-0.15, -0.1) is 0 Å². The fourth-order valence-electron chi connectivity index (χ4n) is 2.54. The molecule has 2 rings (SSSR count). The van der Waals surface area contributed by atoms with Gasteiger partial charge in [-0.1, -0.05) is 19.3 Å².